The largest absolute Gasteiger partial charge is 0.394 e. The summed E-state index contributed by atoms with van der Waals surface area (Å²) in [5, 5.41) is 18.7. The van der Waals surface area contributed by atoms with Gasteiger partial charge in [0.1, 0.15) is 6.10 Å². The van der Waals surface area contributed by atoms with Gasteiger partial charge >= 0.3 is 5.69 Å². The second kappa shape index (κ2) is 4.73. The molecule has 8 heteroatoms. The van der Waals surface area contributed by atoms with Gasteiger partial charge in [-0.25, -0.2) is 4.79 Å². The number of hydrogen-bond acceptors (Lipinski definition) is 5. The van der Waals surface area contributed by atoms with Gasteiger partial charge in [0.2, 0.25) is 0 Å². The molecule has 94 valence electrons. The zero-order chi connectivity index (χ0) is 12.6. The highest BCUT2D eigenvalue weighted by atomic mass is 79.9. The van der Waals surface area contributed by atoms with Crippen molar-refractivity contribution in [2.75, 3.05) is 6.61 Å². The lowest BCUT2D eigenvalue weighted by atomic mass is 10.2. The second-order valence-electron chi connectivity index (χ2n) is 3.78. The summed E-state index contributed by atoms with van der Waals surface area (Å²) in [5.74, 6) is 0. The Morgan fingerprint density at radius 3 is 2.88 bits per heavy atom. The number of nitrogens with zero attached hydrogens (tertiary/aromatic N) is 1. The van der Waals surface area contributed by atoms with Crippen LogP contribution in [-0.2, 0) is 4.74 Å². The smallest absolute Gasteiger partial charge is 0.330 e. The Balaban J connectivity index is 2.38. The summed E-state index contributed by atoms with van der Waals surface area (Å²) < 4.78 is 6.56. The molecule has 3 atom stereocenters. The van der Waals surface area contributed by atoms with E-state index in [9.17, 15) is 14.7 Å². The second-order valence-corrected chi connectivity index (χ2v) is 4.63. The van der Waals surface area contributed by atoms with Crippen molar-refractivity contribution in [2.45, 2.75) is 24.9 Å². The van der Waals surface area contributed by atoms with Crippen molar-refractivity contribution in [3.63, 3.8) is 0 Å². The average Bonchev–Trinajstić information content (AvgIpc) is 2.65. The van der Waals surface area contributed by atoms with Gasteiger partial charge in [-0.05, 0) is 15.9 Å². The fraction of sp³-hybridized carbons (Fsp3) is 0.556. The number of aromatic amines is 1. The number of nitrogens with one attached hydrogen (secondary N) is 1. The molecule has 0 aliphatic carbocycles. The summed E-state index contributed by atoms with van der Waals surface area (Å²) in [6.07, 6.45) is -0.804. The van der Waals surface area contributed by atoms with Gasteiger partial charge < -0.3 is 14.9 Å². The summed E-state index contributed by atoms with van der Waals surface area (Å²) in [6, 6.07) is 0. The van der Waals surface area contributed by atoms with E-state index in [1.807, 2.05) is 0 Å². The van der Waals surface area contributed by atoms with Crippen LogP contribution in [0.1, 0.15) is 12.6 Å². The molecule has 1 aromatic heterocycles. The van der Waals surface area contributed by atoms with E-state index in [4.69, 9.17) is 9.84 Å². The zero-order valence-corrected chi connectivity index (χ0v) is 10.3. The van der Waals surface area contributed by atoms with E-state index in [0.717, 1.165) is 4.57 Å². The molecule has 0 aromatic carbocycles. The molecule has 7 nitrogen and oxygen atoms in total. The molecule has 0 amide bonds. The minimum Gasteiger partial charge on any atom is -0.394 e. The molecule has 2 rings (SSSR count). The summed E-state index contributed by atoms with van der Waals surface area (Å²) in [5.41, 5.74) is -1.21. The van der Waals surface area contributed by atoms with E-state index in [2.05, 4.69) is 20.9 Å². The SMILES string of the molecule is O=c1[nH]c(=O)n(C2O[C@H](CO)CC2O)cc1Br. The van der Waals surface area contributed by atoms with Crippen LogP contribution in [0.15, 0.2) is 20.3 Å². The molecule has 2 unspecified atom stereocenters. The normalized spacial score (nSPS) is 28.5. The third-order valence-corrected chi connectivity index (χ3v) is 3.13. The predicted octanol–water partition coefficient (Wildman–Crippen LogP) is -1.06. The molecule has 2 heterocycles. The lowest BCUT2D eigenvalue weighted by Crippen LogP contribution is -2.35. The average molecular weight is 307 g/mol. The number of aliphatic hydroxyl groups is 2. The Labute approximate surface area is 104 Å². The van der Waals surface area contributed by atoms with Crippen LogP contribution in [0.25, 0.3) is 0 Å². The molecular formula is C9H11BrN2O5. The fourth-order valence-corrected chi connectivity index (χ4v) is 2.07. The number of halogens is 1. The summed E-state index contributed by atoms with van der Waals surface area (Å²) >= 11 is 2.99. The molecule has 1 aliphatic rings. The van der Waals surface area contributed by atoms with Crippen LogP contribution < -0.4 is 11.2 Å². The number of ether oxygens (including phenoxy) is 1. The predicted molar refractivity (Wildman–Crippen MR) is 60.6 cm³/mol. The topological polar surface area (TPSA) is 105 Å². The molecule has 3 N–H and O–H groups in total. The first-order valence-electron chi connectivity index (χ1n) is 4.98. The van der Waals surface area contributed by atoms with Gasteiger partial charge in [-0.3, -0.25) is 14.3 Å². The van der Waals surface area contributed by atoms with Crippen molar-refractivity contribution >= 4 is 15.9 Å². The first kappa shape index (κ1) is 12.5. The number of H-pyrrole nitrogens is 1. The zero-order valence-electron chi connectivity index (χ0n) is 8.67. The van der Waals surface area contributed by atoms with E-state index in [1.54, 1.807) is 0 Å². The number of aromatic nitrogens is 2. The highest BCUT2D eigenvalue weighted by Crippen LogP contribution is 2.27. The molecule has 1 aromatic rings. The molecule has 1 aliphatic heterocycles. The first-order chi connectivity index (χ1) is 8.02. The van der Waals surface area contributed by atoms with Gasteiger partial charge in [0.15, 0.2) is 6.23 Å². The van der Waals surface area contributed by atoms with Crippen LogP contribution in [0, 0.1) is 0 Å². The van der Waals surface area contributed by atoms with Gasteiger partial charge in [-0.15, -0.1) is 0 Å². The van der Waals surface area contributed by atoms with E-state index in [-0.39, 0.29) is 17.5 Å². The lowest BCUT2D eigenvalue weighted by Gasteiger charge is -2.17. The summed E-state index contributed by atoms with van der Waals surface area (Å²) in [6.45, 7) is -0.229. The maximum Gasteiger partial charge on any atom is 0.330 e. The molecular weight excluding hydrogens is 296 g/mol. The Hall–Kier alpha value is -0.960. The highest BCUT2D eigenvalue weighted by Gasteiger charge is 2.35. The monoisotopic (exact) mass is 306 g/mol. The first-order valence-corrected chi connectivity index (χ1v) is 5.77. The Morgan fingerprint density at radius 2 is 2.29 bits per heavy atom. The maximum atomic E-state index is 11.6. The van der Waals surface area contributed by atoms with Crippen LogP contribution in [0.3, 0.4) is 0 Å². The molecule has 0 saturated carbocycles. The Bertz CT molecular complexity index is 525. The van der Waals surface area contributed by atoms with E-state index in [0.29, 0.717) is 0 Å². The van der Waals surface area contributed by atoms with Crippen LogP contribution >= 0.6 is 15.9 Å². The standard InChI is InChI=1S/C9H11BrN2O5/c10-5-2-12(9(16)11-7(5)15)8-6(14)1-4(3-13)17-8/h2,4,6,8,13-14H,1,3H2,(H,11,15,16)/t4-,6?,8?/m0/s1. The Morgan fingerprint density at radius 1 is 1.59 bits per heavy atom. The number of hydrogen-bond donors (Lipinski definition) is 3. The van der Waals surface area contributed by atoms with Gasteiger partial charge in [0.05, 0.1) is 17.2 Å². The van der Waals surface area contributed by atoms with Crippen molar-refractivity contribution in [3.8, 4) is 0 Å². The molecule has 17 heavy (non-hydrogen) atoms. The van der Waals surface area contributed by atoms with E-state index >= 15 is 0 Å². The maximum absolute atomic E-state index is 11.6. The van der Waals surface area contributed by atoms with Gasteiger partial charge in [-0.2, -0.15) is 0 Å². The minimum atomic E-state index is -0.900. The quantitative estimate of drug-likeness (QED) is 0.646. The van der Waals surface area contributed by atoms with Crippen LogP contribution in [0.5, 0.6) is 0 Å². The van der Waals surface area contributed by atoms with Crippen molar-refractivity contribution in [1.29, 1.82) is 0 Å². The van der Waals surface area contributed by atoms with Crippen LogP contribution in [-0.4, -0.2) is 38.6 Å². The summed E-state index contributed by atoms with van der Waals surface area (Å²) in [7, 11) is 0. The Kier molecular flexibility index (Phi) is 3.48. The third-order valence-electron chi connectivity index (χ3n) is 2.57. The van der Waals surface area contributed by atoms with Gasteiger partial charge in [0.25, 0.3) is 5.56 Å². The van der Waals surface area contributed by atoms with Crippen LogP contribution in [0.4, 0.5) is 0 Å². The molecule has 1 fully saturated rings. The van der Waals surface area contributed by atoms with E-state index < -0.39 is 29.7 Å². The van der Waals surface area contributed by atoms with Crippen molar-refractivity contribution in [1.82, 2.24) is 9.55 Å². The van der Waals surface area contributed by atoms with Gasteiger partial charge in [-0.1, -0.05) is 0 Å². The number of aliphatic hydroxyl groups excluding tert-OH is 2. The van der Waals surface area contributed by atoms with Gasteiger partial charge in [0, 0.05) is 12.6 Å². The molecule has 0 spiro atoms. The van der Waals surface area contributed by atoms with E-state index in [1.165, 1.54) is 6.20 Å². The molecule has 0 radical (unpaired) electrons. The van der Waals surface area contributed by atoms with Crippen molar-refractivity contribution < 1.29 is 14.9 Å². The lowest BCUT2D eigenvalue weighted by molar-refractivity contribution is -0.0531. The minimum absolute atomic E-state index is 0.167. The van der Waals surface area contributed by atoms with Crippen molar-refractivity contribution in [3.05, 3.63) is 31.5 Å². The fourth-order valence-electron chi connectivity index (χ4n) is 1.75. The third kappa shape index (κ3) is 2.34. The number of rotatable bonds is 2. The van der Waals surface area contributed by atoms with Crippen molar-refractivity contribution in [2.24, 2.45) is 0 Å². The molecule has 0 bridgehead atoms. The molecule has 1 saturated heterocycles. The van der Waals surface area contributed by atoms with Crippen LogP contribution in [0.2, 0.25) is 0 Å². The highest BCUT2D eigenvalue weighted by molar-refractivity contribution is 9.10. The summed E-state index contributed by atoms with van der Waals surface area (Å²) in [4.78, 5) is 24.8.